The molecule has 0 unspecified atom stereocenters. The fourth-order valence-corrected chi connectivity index (χ4v) is 1.30. The van der Waals surface area contributed by atoms with Gasteiger partial charge in [0.1, 0.15) is 5.82 Å². The number of carbonyl (C=O) groups is 1. The van der Waals surface area contributed by atoms with Crippen LogP contribution in [-0.4, -0.2) is 24.8 Å². The van der Waals surface area contributed by atoms with Crippen molar-refractivity contribution in [2.75, 3.05) is 6.54 Å². The van der Waals surface area contributed by atoms with Crippen molar-refractivity contribution in [2.45, 2.75) is 18.5 Å². The zero-order valence-electron chi connectivity index (χ0n) is 9.95. The van der Waals surface area contributed by atoms with Crippen LogP contribution in [0.25, 0.3) is 0 Å². The van der Waals surface area contributed by atoms with E-state index in [2.05, 4.69) is 0 Å². The largest absolute Gasteiger partial charge is 0.419 e. The van der Waals surface area contributed by atoms with Gasteiger partial charge in [-0.15, -0.1) is 0 Å². The number of benzene rings is 1. The lowest BCUT2D eigenvalue weighted by atomic mass is 10.1. The van der Waals surface area contributed by atoms with Gasteiger partial charge in [0.05, 0.1) is 17.7 Å². The highest BCUT2D eigenvalue weighted by Crippen LogP contribution is 2.32. The maximum atomic E-state index is 13.5. The van der Waals surface area contributed by atoms with Crippen molar-refractivity contribution in [3.63, 3.8) is 0 Å². The summed E-state index contributed by atoms with van der Waals surface area (Å²) in [5.74, 6) is -8.20. The molecule has 1 aromatic carbocycles. The molecule has 21 heavy (non-hydrogen) atoms. The van der Waals surface area contributed by atoms with Crippen LogP contribution < -0.4 is 5.32 Å². The molecule has 1 N–H and O–H groups in total. The second-order valence-electron chi connectivity index (χ2n) is 3.91. The number of hydrogen-bond acceptors (Lipinski definition) is 1. The second kappa shape index (κ2) is 5.86. The Bertz CT molecular complexity index is 525. The van der Waals surface area contributed by atoms with E-state index in [1.165, 1.54) is 5.32 Å². The third-order valence-corrected chi connectivity index (χ3v) is 2.35. The first-order valence-corrected chi connectivity index (χ1v) is 5.26. The Balaban J connectivity index is 2.95. The molecule has 0 spiro atoms. The van der Waals surface area contributed by atoms with Crippen molar-refractivity contribution in [1.29, 1.82) is 0 Å². The lowest BCUT2D eigenvalue weighted by molar-refractivity contribution is -0.140. The van der Waals surface area contributed by atoms with Crippen molar-refractivity contribution in [3.8, 4) is 0 Å². The van der Waals surface area contributed by atoms with Crippen LogP contribution in [0.15, 0.2) is 18.2 Å². The van der Waals surface area contributed by atoms with Crippen molar-refractivity contribution in [3.05, 3.63) is 35.1 Å². The molecule has 0 heterocycles. The molecule has 0 saturated heterocycles. The lowest BCUT2D eigenvalue weighted by Crippen LogP contribution is -2.41. The molecule has 0 aliphatic heterocycles. The Morgan fingerprint density at radius 2 is 1.71 bits per heavy atom. The van der Waals surface area contributed by atoms with Gasteiger partial charge in [0, 0.05) is 0 Å². The first-order chi connectivity index (χ1) is 9.47. The molecule has 0 radical (unpaired) electrons. The minimum atomic E-state index is -5.09. The number of halogens is 8. The van der Waals surface area contributed by atoms with E-state index < -0.39 is 47.9 Å². The van der Waals surface area contributed by atoms with Crippen LogP contribution in [0.4, 0.5) is 35.1 Å². The van der Waals surface area contributed by atoms with E-state index in [0.29, 0.717) is 18.2 Å². The van der Waals surface area contributed by atoms with E-state index in [1.807, 2.05) is 0 Å². The molecule has 0 bridgehead atoms. The van der Waals surface area contributed by atoms with Gasteiger partial charge < -0.3 is 5.32 Å². The maximum absolute atomic E-state index is 13.5. The predicted molar refractivity (Wildman–Crippen MR) is 54.7 cm³/mol. The highest BCUT2D eigenvalue weighted by atomic mass is 19.4. The number of rotatable bonds is 4. The standard InChI is InChI=1S/C11H7F8NO/c12-7-5(2-1-3-6(7)11(17,18)19)8(21)20-4-10(15,16)9(13)14/h1-3,9H,4H2,(H,20,21). The van der Waals surface area contributed by atoms with E-state index >= 15 is 0 Å². The summed E-state index contributed by atoms with van der Waals surface area (Å²) in [6.45, 7) is -1.83. The third-order valence-electron chi connectivity index (χ3n) is 2.35. The number of amides is 1. The third kappa shape index (κ3) is 4.05. The summed E-state index contributed by atoms with van der Waals surface area (Å²) < 4.78 is 99.4. The Labute approximate surface area is 112 Å². The molecule has 2 nitrogen and oxygen atoms in total. The topological polar surface area (TPSA) is 29.1 Å². The van der Waals surface area contributed by atoms with Gasteiger partial charge >= 0.3 is 18.5 Å². The van der Waals surface area contributed by atoms with E-state index in [4.69, 9.17) is 0 Å². The van der Waals surface area contributed by atoms with Crippen molar-refractivity contribution in [1.82, 2.24) is 5.32 Å². The van der Waals surface area contributed by atoms with E-state index in [0.717, 1.165) is 0 Å². The number of hydrogen-bond donors (Lipinski definition) is 1. The predicted octanol–water partition coefficient (Wildman–Crippen LogP) is 3.47. The Hall–Kier alpha value is -1.87. The molecular formula is C11H7F8NO. The molecule has 118 valence electrons. The monoisotopic (exact) mass is 321 g/mol. The highest BCUT2D eigenvalue weighted by molar-refractivity contribution is 5.94. The normalized spacial score (nSPS) is 12.6. The molecule has 0 aliphatic rings. The Morgan fingerprint density at radius 1 is 1.14 bits per heavy atom. The molecule has 10 heteroatoms. The zero-order valence-corrected chi connectivity index (χ0v) is 9.95. The molecule has 1 aromatic rings. The van der Waals surface area contributed by atoms with Gasteiger partial charge in [0.15, 0.2) is 0 Å². The quantitative estimate of drug-likeness (QED) is 0.845. The number of carbonyl (C=O) groups excluding carboxylic acids is 1. The summed E-state index contributed by atoms with van der Waals surface area (Å²) >= 11 is 0. The van der Waals surface area contributed by atoms with Crippen LogP contribution in [-0.2, 0) is 6.18 Å². The molecule has 0 saturated carbocycles. The molecule has 1 amide bonds. The molecule has 1 rings (SSSR count). The molecule has 0 fully saturated rings. The number of nitrogens with one attached hydrogen (secondary N) is 1. The average molecular weight is 321 g/mol. The van der Waals surface area contributed by atoms with E-state index in [1.54, 1.807) is 0 Å². The summed E-state index contributed by atoms with van der Waals surface area (Å²) in [4.78, 5) is 11.3. The Morgan fingerprint density at radius 3 is 2.19 bits per heavy atom. The van der Waals surface area contributed by atoms with Crippen LogP contribution in [0.1, 0.15) is 15.9 Å². The minimum Gasteiger partial charge on any atom is -0.346 e. The minimum absolute atomic E-state index is 0.347. The maximum Gasteiger partial charge on any atom is 0.419 e. The van der Waals surface area contributed by atoms with Crippen LogP contribution in [0.3, 0.4) is 0 Å². The fourth-order valence-electron chi connectivity index (χ4n) is 1.30. The van der Waals surface area contributed by atoms with Gasteiger partial charge in [-0.05, 0) is 12.1 Å². The molecular weight excluding hydrogens is 314 g/mol. The van der Waals surface area contributed by atoms with Gasteiger partial charge in [-0.2, -0.15) is 22.0 Å². The van der Waals surface area contributed by atoms with E-state index in [9.17, 15) is 39.9 Å². The summed E-state index contributed by atoms with van der Waals surface area (Å²) in [6, 6.07) is 1.65. The summed E-state index contributed by atoms with van der Waals surface area (Å²) in [6.07, 6.45) is -9.17. The van der Waals surface area contributed by atoms with E-state index in [-0.39, 0.29) is 0 Å². The van der Waals surface area contributed by atoms with Crippen LogP contribution in [0, 0.1) is 5.82 Å². The van der Waals surface area contributed by atoms with Gasteiger partial charge in [-0.3, -0.25) is 4.79 Å². The lowest BCUT2D eigenvalue weighted by Gasteiger charge is -2.16. The summed E-state index contributed by atoms with van der Waals surface area (Å²) in [5, 5.41) is 1.26. The van der Waals surface area contributed by atoms with Gasteiger partial charge in [-0.1, -0.05) is 6.07 Å². The Kier molecular flexibility index (Phi) is 4.79. The van der Waals surface area contributed by atoms with Gasteiger partial charge in [0.2, 0.25) is 0 Å². The van der Waals surface area contributed by atoms with Gasteiger partial charge in [-0.25, -0.2) is 13.2 Å². The average Bonchev–Trinajstić information content (AvgIpc) is 2.34. The second-order valence-corrected chi connectivity index (χ2v) is 3.91. The van der Waals surface area contributed by atoms with Crippen molar-refractivity contribution >= 4 is 5.91 Å². The summed E-state index contributed by atoms with van der Waals surface area (Å²) in [7, 11) is 0. The molecule has 0 aromatic heterocycles. The van der Waals surface area contributed by atoms with Crippen molar-refractivity contribution in [2.24, 2.45) is 0 Å². The SMILES string of the molecule is O=C(NCC(F)(F)C(F)F)c1cccc(C(F)(F)F)c1F. The summed E-state index contributed by atoms with van der Waals surface area (Å²) in [5.41, 5.74) is -2.94. The van der Waals surface area contributed by atoms with Crippen LogP contribution in [0.5, 0.6) is 0 Å². The fraction of sp³-hybridized carbons (Fsp3) is 0.364. The van der Waals surface area contributed by atoms with Crippen LogP contribution in [0.2, 0.25) is 0 Å². The first-order valence-electron chi connectivity index (χ1n) is 5.26. The van der Waals surface area contributed by atoms with Crippen molar-refractivity contribution < 1.29 is 39.9 Å². The van der Waals surface area contributed by atoms with Crippen LogP contribution >= 0.6 is 0 Å². The highest BCUT2D eigenvalue weighted by Gasteiger charge is 2.41. The first kappa shape index (κ1) is 17.2. The molecule has 0 atom stereocenters. The molecule has 0 aliphatic carbocycles. The zero-order chi connectivity index (χ0) is 16.4. The smallest absolute Gasteiger partial charge is 0.346 e. The number of alkyl halides is 7. The van der Waals surface area contributed by atoms with Gasteiger partial charge in [0.25, 0.3) is 5.91 Å².